The molecule has 2 heterocycles. The van der Waals surface area contributed by atoms with Gasteiger partial charge < -0.3 is 39.6 Å². The molecule has 2 unspecified atom stereocenters. The van der Waals surface area contributed by atoms with Crippen LogP contribution in [-0.4, -0.2) is 88.2 Å². The summed E-state index contributed by atoms with van der Waals surface area (Å²) in [5.41, 5.74) is -1.13. The number of methoxy groups -OCH3 is 1. The first-order valence-corrected chi connectivity index (χ1v) is 18.0. The summed E-state index contributed by atoms with van der Waals surface area (Å²) in [6, 6.07) is 6.96. The summed E-state index contributed by atoms with van der Waals surface area (Å²) in [6.45, 7) is 14.4. The van der Waals surface area contributed by atoms with Gasteiger partial charge in [0.1, 0.15) is 23.9 Å². The molecule has 1 aromatic rings. The summed E-state index contributed by atoms with van der Waals surface area (Å²) in [5, 5.41) is 37.9. The molecule has 1 saturated heterocycles. The van der Waals surface area contributed by atoms with E-state index in [0.29, 0.717) is 10.6 Å². The lowest BCUT2D eigenvalue weighted by Crippen LogP contribution is -2.53. The Kier molecular flexibility index (Phi) is 15.3. The number of cyclic esters (lactones) is 1. The number of hydrogen-bond donors (Lipinski definition) is 4. The van der Waals surface area contributed by atoms with Crippen molar-refractivity contribution in [2.45, 2.75) is 141 Å². The van der Waals surface area contributed by atoms with Crippen molar-refractivity contribution < 1.29 is 43.9 Å². The molecule has 1 fully saturated rings. The van der Waals surface area contributed by atoms with E-state index < -0.39 is 53.4 Å². The highest BCUT2D eigenvalue weighted by atomic mass is 35.5. The molecule has 0 saturated carbocycles. The van der Waals surface area contributed by atoms with Gasteiger partial charge in [0.15, 0.2) is 0 Å². The van der Waals surface area contributed by atoms with E-state index in [0.717, 1.165) is 12.0 Å². The highest BCUT2D eigenvalue weighted by molar-refractivity contribution is 6.30. The lowest BCUT2D eigenvalue weighted by atomic mass is 9.86. The molecule has 1 aromatic carbocycles. The highest BCUT2D eigenvalue weighted by Crippen LogP contribution is 2.39. The summed E-state index contributed by atoms with van der Waals surface area (Å²) in [4.78, 5) is 24.7. The number of rotatable bonds is 13. The van der Waals surface area contributed by atoms with Crippen LogP contribution in [0.25, 0.3) is 0 Å². The van der Waals surface area contributed by atoms with E-state index in [1.54, 1.807) is 51.3 Å². The topological polar surface area (TPSA) is 147 Å². The quantitative estimate of drug-likeness (QED) is 0.0857. The van der Waals surface area contributed by atoms with Crippen molar-refractivity contribution in [3.63, 3.8) is 0 Å². The van der Waals surface area contributed by atoms with Crippen LogP contribution in [0.2, 0.25) is 5.02 Å². The zero-order valence-electron chi connectivity index (χ0n) is 31.0. The summed E-state index contributed by atoms with van der Waals surface area (Å²) in [6.07, 6.45) is 6.28. The van der Waals surface area contributed by atoms with Crippen LogP contribution in [0.5, 0.6) is 0 Å². The van der Waals surface area contributed by atoms with E-state index in [9.17, 15) is 24.9 Å². The molecule has 4 N–H and O–H groups in total. The number of aliphatic hydroxyl groups excluding tert-OH is 1. The van der Waals surface area contributed by atoms with Crippen LogP contribution in [0.1, 0.15) is 92.7 Å². The largest absolute Gasteiger partial charge is 0.457 e. The summed E-state index contributed by atoms with van der Waals surface area (Å²) in [7, 11) is 1.70. The Bertz CT molecular complexity index is 1350. The molecular weight excluding hydrogens is 662 g/mol. The third-order valence-electron chi connectivity index (χ3n) is 9.99. The monoisotopic (exact) mass is 719 g/mol. The minimum Gasteiger partial charge on any atom is -0.457 e. The zero-order valence-corrected chi connectivity index (χ0v) is 31.7. The number of esters is 2. The fourth-order valence-corrected chi connectivity index (χ4v) is 6.85. The Labute approximate surface area is 302 Å². The van der Waals surface area contributed by atoms with Gasteiger partial charge in [0.2, 0.25) is 0 Å². The van der Waals surface area contributed by atoms with E-state index in [1.807, 2.05) is 45.0 Å². The number of ether oxygens (including phenoxy) is 4. The molecule has 0 radical (unpaired) electrons. The summed E-state index contributed by atoms with van der Waals surface area (Å²) >= 11 is 6.13. The van der Waals surface area contributed by atoms with Gasteiger partial charge in [-0.05, 0) is 76.3 Å². The number of epoxide rings is 1. The van der Waals surface area contributed by atoms with Gasteiger partial charge in [-0.1, -0.05) is 68.8 Å². The molecule has 50 heavy (non-hydrogen) atoms. The third kappa shape index (κ3) is 11.7. The Morgan fingerprint density at radius 3 is 2.46 bits per heavy atom. The highest BCUT2D eigenvalue weighted by Gasteiger charge is 2.54. The van der Waals surface area contributed by atoms with Gasteiger partial charge in [-0.25, -0.2) is 0 Å². The van der Waals surface area contributed by atoms with Crippen molar-refractivity contribution in [1.82, 2.24) is 5.32 Å². The molecule has 11 heteroatoms. The number of hydrogen-bond acceptors (Lipinski definition) is 10. The number of carbonyl (C=O) groups excluding carboxylic acids is 2. The molecule has 0 spiro atoms. The number of halogens is 1. The number of carbonyl (C=O) groups is 2. The van der Waals surface area contributed by atoms with Crippen LogP contribution in [-0.2, 0) is 28.5 Å². The Morgan fingerprint density at radius 1 is 1.20 bits per heavy atom. The molecule has 0 bridgehead atoms. The molecule has 280 valence electrons. The molecule has 0 aromatic heterocycles. The number of allylic oxidation sites excluding steroid dienone is 2. The maximum absolute atomic E-state index is 12.9. The predicted octanol–water partition coefficient (Wildman–Crippen LogP) is 5.77. The average molecular weight is 720 g/mol. The summed E-state index contributed by atoms with van der Waals surface area (Å²) < 4.78 is 23.2. The second-order valence-electron chi connectivity index (χ2n) is 14.5. The fraction of sp³-hybridized carbons (Fsp3) is 0.641. The van der Waals surface area contributed by atoms with Crippen LogP contribution in [0.4, 0.5) is 0 Å². The van der Waals surface area contributed by atoms with E-state index in [1.165, 1.54) is 6.92 Å². The maximum Gasteiger partial charge on any atom is 0.309 e. The van der Waals surface area contributed by atoms with Gasteiger partial charge in [0, 0.05) is 36.9 Å². The van der Waals surface area contributed by atoms with Gasteiger partial charge in [-0.3, -0.25) is 9.59 Å². The molecule has 3 rings (SSSR count). The Balaban J connectivity index is 1.90. The lowest BCUT2D eigenvalue weighted by molar-refractivity contribution is -0.157. The molecule has 12 atom stereocenters. The number of nitrogens with one attached hydrogen (secondary N) is 1. The SMILES string of the molecule is CC[C@H](OC)[C@@H](C)[C@H]1O[C@@H]1C(N[C@H](C)c1ccc(Cl)cc1)C(C)(O)/C=C/C=C(\C)[C@@H]1OC(=O)C[C@H](O)CC[C@@](C)(O)[C@@H](OC(C)=O)/C=C/[C@@H]1C. The third-order valence-corrected chi connectivity index (χ3v) is 10.2. The average Bonchev–Trinajstić information content (AvgIpc) is 3.83. The first kappa shape index (κ1) is 41.8. The second-order valence-corrected chi connectivity index (χ2v) is 14.9. The van der Waals surface area contributed by atoms with E-state index in [2.05, 4.69) is 19.2 Å². The molecular formula is C39H58ClNO9. The fourth-order valence-electron chi connectivity index (χ4n) is 6.73. The van der Waals surface area contributed by atoms with Gasteiger partial charge in [0.05, 0.1) is 36.4 Å². The van der Waals surface area contributed by atoms with E-state index >= 15 is 0 Å². The van der Waals surface area contributed by atoms with Crippen molar-refractivity contribution in [3.05, 3.63) is 70.8 Å². The molecule has 2 aliphatic heterocycles. The van der Waals surface area contributed by atoms with Crippen molar-refractivity contribution in [2.75, 3.05) is 7.11 Å². The van der Waals surface area contributed by atoms with Crippen LogP contribution < -0.4 is 5.32 Å². The van der Waals surface area contributed by atoms with Crippen molar-refractivity contribution in [2.24, 2.45) is 11.8 Å². The normalized spacial score (nSPS) is 32.4. The standard InChI is InChI=1S/C39H58ClNO9/c1-10-31(47-9)25(4)35-36(50-35)37(41-26(5)28-14-16-29(40)17-15-28)39(8,46)20-11-12-23(2)34-24(3)13-18-32(48-27(6)42)38(7,45)21-19-30(43)22-33(44)49-34/h11-18,20,24-26,30-32,34-37,41,43,45-46H,10,19,21-22H2,1-9H3/b18-13+,20-11+,23-12+/t24-,25+,26+,30+,31-,32-,34-,35+,36-,37?,38+,39?/m0/s1. The van der Waals surface area contributed by atoms with Gasteiger partial charge in [-0.2, -0.15) is 0 Å². The predicted molar refractivity (Wildman–Crippen MR) is 193 cm³/mol. The first-order chi connectivity index (χ1) is 23.4. The van der Waals surface area contributed by atoms with Crippen LogP contribution >= 0.6 is 11.6 Å². The Morgan fingerprint density at radius 2 is 1.86 bits per heavy atom. The molecule has 0 amide bonds. The van der Waals surface area contributed by atoms with Crippen molar-refractivity contribution >= 4 is 23.5 Å². The van der Waals surface area contributed by atoms with E-state index in [-0.39, 0.29) is 49.5 Å². The van der Waals surface area contributed by atoms with E-state index in [4.69, 9.17) is 30.5 Å². The van der Waals surface area contributed by atoms with Gasteiger partial charge >= 0.3 is 11.9 Å². The summed E-state index contributed by atoms with van der Waals surface area (Å²) in [5.74, 6) is -1.40. The van der Waals surface area contributed by atoms with Crippen LogP contribution in [0, 0.1) is 11.8 Å². The molecule has 0 aliphatic carbocycles. The minimum absolute atomic E-state index is 0.0200. The van der Waals surface area contributed by atoms with Crippen molar-refractivity contribution in [3.8, 4) is 0 Å². The molecule has 10 nitrogen and oxygen atoms in total. The maximum atomic E-state index is 12.9. The van der Waals surface area contributed by atoms with Crippen LogP contribution in [0.3, 0.4) is 0 Å². The minimum atomic E-state index is -1.46. The zero-order chi connectivity index (χ0) is 37.4. The van der Waals surface area contributed by atoms with Gasteiger partial charge in [-0.15, -0.1) is 0 Å². The molecule has 2 aliphatic rings. The van der Waals surface area contributed by atoms with Crippen molar-refractivity contribution in [1.29, 1.82) is 0 Å². The number of aliphatic hydroxyl groups is 3. The second kappa shape index (κ2) is 18.3. The lowest BCUT2D eigenvalue weighted by Gasteiger charge is -2.33. The smallest absolute Gasteiger partial charge is 0.309 e. The van der Waals surface area contributed by atoms with Crippen LogP contribution in [0.15, 0.2) is 60.2 Å². The first-order valence-electron chi connectivity index (χ1n) is 17.6. The number of benzene rings is 1. The Hall–Kier alpha value is -2.57. The van der Waals surface area contributed by atoms with Gasteiger partial charge in [0.25, 0.3) is 0 Å².